The molecule has 21 heavy (non-hydrogen) atoms. The lowest BCUT2D eigenvalue weighted by atomic mass is 10.0. The minimum atomic E-state index is -0.662. The van der Waals surface area contributed by atoms with E-state index >= 15 is 0 Å². The number of rotatable bonds is 7. The van der Waals surface area contributed by atoms with Gasteiger partial charge in [0.2, 0.25) is 5.91 Å². The molecule has 1 unspecified atom stereocenters. The fraction of sp³-hybridized carbons (Fsp3) is 0.500. The van der Waals surface area contributed by atoms with E-state index in [9.17, 15) is 9.59 Å². The van der Waals surface area contributed by atoms with Gasteiger partial charge in [-0.05, 0) is 24.3 Å². The van der Waals surface area contributed by atoms with Gasteiger partial charge >= 0.3 is 5.97 Å². The molecule has 0 aromatic heterocycles. The zero-order chi connectivity index (χ0) is 15.8. The highest BCUT2D eigenvalue weighted by atomic mass is 16.5. The van der Waals surface area contributed by atoms with Gasteiger partial charge in [-0.15, -0.1) is 0 Å². The Morgan fingerprint density at radius 2 is 1.86 bits per heavy atom. The van der Waals surface area contributed by atoms with E-state index in [4.69, 9.17) is 5.73 Å². The smallest absolute Gasteiger partial charge is 0.328 e. The van der Waals surface area contributed by atoms with E-state index in [1.807, 2.05) is 44.2 Å². The van der Waals surface area contributed by atoms with Crippen molar-refractivity contribution >= 4 is 11.9 Å². The maximum Gasteiger partial charge on any atom is 0.328 e. The Kier molecular flexibility index (Phi) is 6.88. The summed E-state index contributed by atoms with van der Waals surface area (Å²) in [6, 6.07) is 8.53. The molecule has 0 saturated carbocycles. The Hall–Kier alpha value is -1.88. The molecule has 0 radical (unpaired) electrons. The summed E-state index contributed by atoms with van der Waals surface area (Å²) in [5.74, 6) is -0.827. The Bertz CT molecular complexity index is 460. The van der Waals surface area contributed by atoms with Gasteiger partial charge in [0.1, 0.15) is 6.04 Å². The fourth-order valence-corrected chi connectivity index (χ4v) is 1.98. The SMILES string of the molecule is COC(=O)C(NC(=O)[C@@H](N)CCc1ccccc1)C(C)C. The van der Waals surface area contributed by atoms with Crippen LogP contribution in [0.1, 0.15) is 25.8 Å². The molecule has 2 atom stereocenters. The number of amides is 1. The largest absolute Gasteiger partial charge is 0.467 e. The first-order valence-corrected chi connectivity index (χ1v) is 7.13. The summed E-state index contributed by atoms with van der Waals surface area (Å²) in [6.45, 7) is 3.69. The Labute approximate surface area is 125 Å². The van der Waals surface area contributed by atoms with Gasteiger partial charge in [0.15, 0.2) is 0 Å². The molecule has 1 aromatic carbocycles. The summed E-state index contributed by atoms with van der Waals surface area (Å²) >= 11 is 0. The van der Waals surface area contributed by atoms with Gasteiger partial charge in [-0.2, -0.15) is 0 Å². The number of nitrogens with one attached hydrogen (secondary N) is 1. The van der Waals surface area contributed by atoms with Gasteiger partial charge < -0.3 is 15.8 Å². The number of hydrogen-bond donors (Lipinski definition) is 2. The van der Waals surface area contributed by atoms with Crippen LogP contribution in [-0.4, -0.2) is 31.1 Å². The van der Waals surface area contributed by atoms with Crippen LogP contribution in [-0.2, 0) is 20.7 Å². The molecule has 5 heteroatoms. The molecule has 0 spiro atoms. The zero-order valence-corrected chi connectivity index (χ0v) is 12.8. The van der Waals surface area contributed by atoms with E-state index in [2.05, 4.69) is 10.1 Å². The summed E-state index contributed by atoms with van der Waals surface area (Å²) in [7, 11) is 1.30. The summed E-state index contributed by atoms with van der Waals surface area (Å²) in [4.78, 5) is 23.7. The van der Waals surface area contributed by atoms with E-state index < -0.39 is 18.1 Å². The van der Waals surface area contributed by atoms with E-state index in [1.165, 1.54) is 7.11 Å². The van der Waals surface area contributed by atoms with Crippen molar-refractivity contribution in [2.75, 3.05) is 7.11 Å². The predicted octanol–water partition coefficient (Wildman–Crippen LogP) is 1.26. The Morgan fingerprint density at radius 1 is 1.24 bits per heavy atom. The molecule has 0 saturated heterocycles. The Morgan fingerprint density at radius 3 is 2.38 bits per heavy atom. The van der Waals surface area contributed by atoms with E-state index in [1.54, 1.807) is 0 Å². The number of aryl methyl sites for hydroxylation is 1. The van der Waals surface area contributed by atoms with E-state index in [0.29, 0.717) is 6.42 Å². The number of methoxy groups -OCH3 is 1. The number of esters is 1. The van der Waals surface area contributed by atoms with Crippen molar-refractivity contribution in [2.24, 2.45) is 11.7 Å². The van der Waals surface area contributed by atoms with Crippen LogP contribution in [0, 0.1) is 5.92 Å². The van der Waals surface area contributed by atoms with Gasteiger partial charge in [-0.1, -0.05) is 44.2 Å². The molecule has 0 aliphatic carbocycles. The number of nitrogens with two attached hydrogens (primary N) is 1. The van der Waals surface area contributed by atoms with Crippen molar-refractivity contribution in [3.63, 3.8) is 0 Å². The summed E-state index contributed by atoms with van der Waals surface area (Å²) in [5, 5.41) is 2.66. The van der Waals surface area contributed by atoms with Crippen LogP contribution in [0.2, 0.25) is 0 Å². The second-order valence-electron chi connectivity index (χ2n) is 5.38. The van der Waals surface area contributed by atoms with E-state index in [-0.39, 0.29) is 11.8 Å². The van der Waals surface area contributed by atoms with Gasteiger partial charge in [-0.3, -0.25) is 4.79 Å². The van der Waals surface area contributed by atoms with Gasteiger partial charge in [0, 0.05) is 0 Å². The minimum absolute atomic E-state index is 0.0530. The van der Waals surface area contributed by atoms with Gasteiger partial charge in [0.25, 0.3) is 0 Å². The van der Waals surface area contributed by atoms with Crippen LogP contribution in [0.4, 0.5) is 0 Å². The first-order chi connectivity index (χ1) is 9.95. The molecule has 1 amide bonds. The standard InChI is InChI=1S/C16H24N2O3/c1-11(2)14(16(20)21-3)18-15(19)13(17)10-9-12-7-5-4-6-8-12/h4-8,11,13-14H,9-10,17H2,1-3H3,(H,18,19)/t13-,14?/m0/s1. The van der Waals surface area contributed by atoms with E-state index in [0.717, 1.165) is 12.0 Å². The number of carbonyl (C=O) groups is 2. The molecule has 1 aromatic rings. The molecule has 116 valence electrons. The third-order valence-electron chi connectivity index (χ3n) is 3.34. The molecular weight excluding hydrogens is 268 g/mol. The third kappa shape index (κ3) is 5.55. The molecule has 0 fully saturated rings. The minimum Gasteiger partial charge on any atom is -0.467 e. The fourth-order valence-electron chi connectivity index (χ4n) is 1.98. The van der Waals surface area contributed by atoms with Crippen LogP contribution in [0.5, 0.6) is 0 Å². The molecule has 0 aliphatic rings. The van der Waals surface area contributed by atoms with Crippen molar-refractivity contribution < 1.29 is 14.3 Å². The second-order valence-corrected chi connectivity index (χ2v) is 5.38. The number of ether oxygens (including phenoxy) is 1. The van der Waals surface area contributed by atoms with Crippen molar-refractivity contribution in [3.8, 4) is 0 Å². The average Bonchev–Trinajstić information content (AvgIpc) is 2.49. The zero-order valence-electron chi connectivity index (χ0n) is 12.8. The summed E-state index contributed by atoms with van der Waals surface area (Å²) in [5.41, 5.74) is 7.02. The number of hydrogen-bond acceptors (Lipinski definition) is 4. The lowest BCUT2D eigenvalue weighted by molar-refractivity contribution is -0.146. The molecule has 0 bridgehead atoms. The predicted molar refractivity (Wildman–Crippen MR) is 81.5 cm³/mol. The topological polar surface area (TPSA) is 81.4 Å². The highest BCUT2D eigenvalue weighted by Crippen LogP contribution is 2.07. The van der Waals surface area contributed by atoms with Crippen LogP contribution in [0.25, 0.3) is 0 Å². The highest BCUT2D eigenvalue weighted by molar-refractivity contribution is 5.87. The van der Waals surface area contributed by atoms with Crippen molar-refractivity contribution in [1.29, 1.82) is 0 Å². The van der Waals surface area contributed by atoms with Gasteiger partial charge in [-0.25, -0.2) is 4.79 Å². The van der Waals surface area contributed by atoms with Crippen molar-refractivity contribution in [1.82, 2.24) is 5.32 Å². The Balaban J connectivity index is 2.51. The summed E-state index contributed by atoms with van der Waals surface area (Å²) < 4.78 is 4.69. The average molecular weight is 292 g/mol. The maximum atomic E-state index is 12.1. The molecule has 3 N–H and O–H groups in total. The summed E-state index contributed by atoms with van der Waals surface area (Å²) in [6.07, 6.45) is 1.25. The third-order valence-corrected chi connectivity index (χ3v) is 3.34. The van der Waals surface area contributed by atoms with Crippen molar-refractivity contribution in [2.45, 2.75) is 38.8 Å². The lowest BCUT2D eigenvalue weighted by Gasteiger charge is -2.22. The van der Waals surface area contributed by atoms with Gasteiger partial charge in [0.05, 0.1) is 13.2 Å². The monoisotopic (exact) mass is 292 g/mol. The molecule has 0 aliphatic heterocycles. The van der Waals surface area contributed by atoms with Crippen LogP contribution in [0.3, 0.4) is 0 Å². The van der Waals surface area contributed by atoms with Crippen LogP contribution >= 0.6 is 0 Å². The highest BCUT2D eigenvalue weighted by Gasteiger charge is 2.26. The molecule has 0 heterocycles. The quantitative estimate of drug-likeness (QED) is 0.741. The van der Waals surface area contributed by atoms with Crippen LogP contribution in [0.15, 0.2) is 30.3 Å². The number of benzene rings is 1. The number of carbonyl (C=O) groups excluding carboxylic acids is 2. The molecule has 1 rings (SSSR count). The lowest BCUT2D eigenvalue weighted by Crippen LogP contribution is -2.51. The van der Waals surface area contributed by atoms with Crippen LogP contribution < -0.4 is 11.1 Å². The second kappa shape index (κ2) is 8.42. The normalized spacial score (nSPS) is 13.6. The maximum absolute atomic E-state index is 12.1. The first kappa shape index (κ1) is 17.2. The first-order valence-electron chi connectivity index (χ1n) is 7.13. The molecular formula is C16H24N2O3. The van der Waals surface area contributed by atoms with Crippen molar-refractivity contribution in [3.05, 3.63) is 35.9 Å². The molecule has 5 nitrogen and oxygen atoms in total.